The van der Waals surface area contributed by atoms with Crippen molar-refractivity contribution in [3.63, 3.8) is 0 Å². The topological polar surface area (TPSA) is 181 Å². The van der Waals surface area contributed by atoms with Gasteiger partial charge in [-0.1, -0.05) is 24.3 Å². The summed E-state index contributed by atoms with van der Waals surface area (Å²) in [7, 11) is 0. The van der Waals surface area contributed by atoms with Gasteiger partial charge in [-0.25, -0.2) is 9.59 Å². The molecule has 4 N–H and O–H groups in total. The predicted octanol–water partition coefficient (Wildman–Crippen LogP) is 9.76. The Morgan fingerprint density at radius 1 is 0.551 bits per heavy atom. The zero-order valence-electron chi connectivity index (χ0n) is 43.6. The molecule has 4 aromatic carbocycles. The lowest BCUT2D eigenvalue weighted by atomic mass is 9.79. The summed E-state index contributed by atoms with van der Waals surface area (Å²) in [4.78, 5) is 57.8. The fourth-order valence-electron chi connectivity index (χ4n) is 13.0. The Bertz CT molecular complexity index is 2670. The molecule has 0 aromatic heterocycles. The van der Waals surface area contributed by atoms with Gasteiger partial charge in [0.2, 0.25) is 11.8 Å². The van der Waals surface area contributed by atoms with Gasteiger partial charge in [-0.05, 0) is 188 Å². The van der Waals surface area contributed by atoms with Crippen molar-refractivity contribution in [3.05, 3.63) is 129 Å². The van der Waals surface area contributed by atoms with Gasteiger partial charge in [0.05, 0.1) is 58.4 Å². The monoisotopic (exact) mass is 1090 g/mol. The smallest absolute Gasteiger partial charge is 0.416 e. The van der Waals surface area contributed by atoms with Gasteiger partial charge in [0.1, 0.15) is 11.5 Å². The van der Waals surface area contributed by atoms with Gasteiger partial charge in [-0.3, -0.25) is 9.59 Å². The number of fused-ring (bicyclic) bond motifs is 2. The summed E-state index contributed by atoms with van der Waals surface area (Å²) in [6.07, 6.45) is -3.98. The molecular formula is C58H66F6N4O10. The first-order chi connectivity index (χ1) is 37.0. The second kappa shape index (κ2) is 22.5. The van der Waals surface area contributed by atoms with Crippen LogP contribution in [0.5, 0.6) is 11.5 Å². The van der Waals surface area contributed by atoms with Crippen molar-refractivity contribution in [1.82, 2.24) is 19.6 Å². The second-order valence-electron chi connectivity index (χ2n) is 22.1. The average molecular weight is 1090 g/mol. The summed E-state index contributed by atoms with van der Waals surface area (Å²) >= 11 is 0. The van der Waals surface area contributed by atoms with Crippen molar-refractivity contribution in [2.75, 3.05) is 39.6 Å². The van der Waals surface area contributed by atoms with Gasteiger partial charge in [0, 0.05) is 23.2 Å². The molecule has 2 amide bonds. The summed E-state index contributed by atoms with van der Waals surface area (Å²) in [6.45, 7) is 6.29. The predicted molar refractivity (Wildman–Crippen MR) is 272 cm³/mol. The van der Waals surface area contributed by atoms with Crippen LogP contribution in [0.25, 0.3) is 0 Å². The third-order valence-corrected chi connectivity index (χ3v) is 17.6. The van der Waals surface area contributed by atoms with Gasteiger partial charge in [-0.2, -0.15) is 26.3 Å². The van der Waals surface area contributed by atoms with Crippen LogP contribution < -0.4 is 9.47 Å². The number of carbonyl (C=O) groups is 4. The average Bonchev–Trinajstić information content (AvgIpc) is 4.17. The van der Waals surface area contributed by atoms with Crippen LogP contribution in [0.15, 0.2) is 84.9 Å². The lowest BCUT2D eigenvalue weighted by Gasteiger charge is -2.40. The summed E-state index contributed by atoms with van der Waals surface area (Å²) < 4.78 is 90.7. The highest BCUT2D eigenvalue weighted by atomic mass is 19.4. The van der Waals surface area contributed by atoms with Gasteiger partial charge in [-0.15, -0.1) is 0 Å². The van der Waals surface area contributed by atoms with E-state index >= 15 is 0 Å². The molecule has 0 bridgehead atoms. The lowest BCUT2D eigenvalue weighted by molar-refractivity contribution is -0.154. The molecule has 78 heavy (non-hydrogen) atoms. The molecule has 4 aliphatic heterocycles. The van der Waals surface area contributed by atoms with Crippen LogP contribution in [0.1, 0.15) is 144 Å². The van der Waals surface area contributed by atoms with Crippen LogP contribution in [0.2, 0.25) is 0 Å². The summed E-state index contributed by atoms with van der Waals surface area (Å²) in [5, 5.41) is 40.3. The van der Waals surface area contributed by atoms with Gasteiger partial charge < -0.3 is 49.5 Å². The normalized spacial score (nSPS) is 25.2. The van der Waals surface area contributed by atoms with E-state index in [1.807, 2.05) is 12.1 Å². The molecule has 0 unspecified atom stereocenters. The largest absolute Gasteiger partial charge is 0.478 e. The molecule has 0 radical (unpaired) electrons. The molecule has 6 aliphatic rings. The van der Waals surface area contributed by atoms with Gasteiger partial charge in [0.25, 0.3) is 0 Å². The first-order valence-corrected chi connectivity index (χ1v) is 26.7. The van der Waals surface area contributed by atoms with Crippen LogP contribution in [-0.4, -0.2) is 128 Å². The number of aliphatic hydroxyl groups excluding tert-OH is 2. The molecule has 10 rings (SSSR count). The Hall–Kier alpha value is -6.22. The number of nitrogens with zero attached hydrogens (tertiary/aromatic N) is 4. The Balaban J connectivity index is 0.000000190. The number of rotatable bonds is 10. The molecule has 2 saturated carbocycles. The SMILES string of the molecule is C[C@@H](O)[C@]1(C(=O)N2COc3ccc(C(F)(F)F)cc3C2)CC[C@@H](N2CCC(c3cccc(C(=O)O)c3)CC2)C1.C[C@H](O)[C@]1(C(=O)N2COc3ccc(C(F)(F)F)cc3C2)CC[C@@H](N2CCC(c3cccc(C(=O)O)c3)CC2)C1. The molecular weight excluding hydrogens is 1030 g/mol. The minimum Gasteiger partial charge on any atom is -0.478 e. The number of carboxylic acids is 2. The highest BCUT2D eigenvalue weighted by molar-refractivity contribution is 5.88. The summed E-state index contributed by atoms with van der Waals surface area (Å²) in [5.41, 5.74) is -0.425. The van der Waals surface area contributed by atoms with E-state index in [0.717, 1.165) is 100 Å². The summed E-state index contributed by atoms with van der Waals surface area (Å²) in [5.74, 6) is -1.27. The lowest BCUT2D eigenvalue weighted by Crippen LogP contribution is -2.51. The van der Waals surface area contributed by atoms with Crippen molar-refractivity contribution >= 4 is 23.8 Å². The van der Waals surface area contributed by atoms with Crippen molar-refractivity contribution in [2.24, 2.45) is 10.8 Å². The molecule has 4 fully saturated rings. The van der Waals surface area contributed by atoms with E-state index in [1.54, 1.807) is 50.2 Å². The number of carboxylic acid groups (broad SMARTS) is 2. The maximum atomic E-state index is 13.8. The maximum absolute atomic E-state index is 13.8. The minimum absolute atomic E-state index is 0.00196. The molecule has 4 aromatic rings. The van der Waals surface area contributed by atoms with E-state index in [9.17, 15) is 65.9 Å². The van der Waals surface area contributed by atoms with E-state index in [0.29, 0.717) is 48.3 Å². The molecule has 20 heteroatoms. The fraction of sp³-hybridized carbons (Fsp3) is 0.517. The number of hydrogen-bond acceptors (Lipinski definition) is 10. The zero-order valence-corrected chi connectivity index (χ0v) is 43.6. The number of alkyl halides is 6. The zero-order chi connectivity index (χ0) is 55.9. The van der Waals surface area contributed by atoms with E-state index < -0.39 is 58.5 Å². The highest BCUT2D eigenvalue weighted by Gasteiger charge is 2.54. The van der Waals surface area contributed by atoms with Crippen molar-refractivity contribution < 1.29 is 75.4 Å². The van der Waals surface area contributed by atoms with E-state index in [-0.39, 0.29) is 73.4 Å². The Morgan fingerprint density at radius 2 is 0.923 bits per heavy atom. The molecule has 2 saturated heterocycles. The Morgan fingerprint density at radius 3 is 1.26 bits per heavy atom. The molecule has 6 atom stereocenters. The van der Waals surface area contributed by atoms with Crippen LogP contribution in [-0.2, 0) is 35.0 Å². The quantitative estimate of drug-likeness (QED) is 0.111. The first-order valence-electron chi connectivity index (χ1n) is 26.7. The molecule has 4 heterocycles. The Labute approximate surface area is 448 Å². The van der Waals surface area contributed by atoms with Crippen LogP contribution >= 0.6 is 0 Å². The molecule has 0 spiro atoms. The number of aromatic carboxylic acids is 2. The second-order valence-corrected chi connectivity index (χ2v) is 22.1. The Kier molecular flexibility index (Phi) is 16.3. The minimum atomic E-state index is -4.49. The number of carbonyl (C=O) groups excluding carboxylic acids is 2. The highest BCUT2D eigenvalue weighted by Crippen LogP contribution is 2.49. The maximum Gasteiger partial charge on any atom is 0.416 e. The fourth-order valence-corrected chi connectivity index (χ4v) is 13.0. The van der Waals surface area contributed by atoms with Crippen LogP contribution in [0, 0.1) is 10.8 Å². The standard InChI is InChI=1S/2C29H33F3N2O5/c2*1-18(35)28(27(38)34-16-22-14-23(29(30,31)32)5-6-25(22)39-17-34)10-7-24(15-28)33-11-8-19(9-12-33)20-3-2-4-21(13-20)26(36)37/h2*2-6,13-14,18-19,24,35H,7-12,15-17H2,1H3,(H,36,37)/t18-,24+,28-;18-,24-,28+/m01/s1. The van der Waals surface area contributed by atoms with Crippen molar-refractivity contribution in [2.45, 2.75) is 140 Å². The van der Waals surface area contributed by atoms with Gasteiger partial charge >= 0.3 is 24.3 Å². The van der Waals surface area contributed by atoms with Crippen molar-refractivity contribution in [3.8, 4) is 11.5 Å². The van der Waals surface area contributed by atoms with E-state index in [4.69, 9.17) is 9.47 Å². The number of ether oxygens (including phenoxy) is 2. The number of halogens is 6. The third kappa shape index (κ3) is 11.7. The van der Waals surface area contributed by atoms with Crippen LogP contribution in [0.4, 0.5) is 26.3 Å². The van der Waals surface area contributed by atoms with Crippen molar-refractivity contribution in [1.29, 1.82) is 0 Å². The third-order valence-electron chi connectivity index (χ3n) is 17.6. The molecule has 420 valence electrons. The number of amides is 2. The van der Waals surface area contributed by atoms with E-state index in [1.165, 1.54) is 21.9 Å². The number of likely N-dealkylation sites (tertiary alicyclic amines) is 2. The van der Waals surface area contributed by atoms with Gasteiger partial charge in [0.15, 0.2) is 13.5 Å². The molecule has 14 nitrogen and oxygen atoms in total. The number of aliphatic hydroxyl groups is 2. The summed E-state index contributed by atoms with van der Waals surface area (Å²) in [6, 6.07) is 20.9. The molecule has 2 aliphatic carbocycles. The number of benzene rings is 4. The number of piperidine rings is 2. The van der Waals surface area contributed by atoms with Crippen LogP contribution in [0.3, 0.4) is 0 Å². The first kappa shape index (κ1) is 56.5. The van der Waals surface area contributed by atoms with E-state index in [2.05, 4.69) is 9.80 Å². The number of hydrogen-bond donors (Lipinski definition) is 4.